The van der Waals surface area contributed by atoms with Crippen LogP contribution in [0.25, 0.3) is 11.0 Å². The second kappa shape index (κ2) is 6.05. The minimum absolute atomic E-state index is 0.282. The van der Waals surface area contributed by atoms with Gasteiger partial charge in [0.25, 0.3) is 0 Å². The fraction of sp³-hybridized carbons (Fsp3) is 0.500. The molecule has 1 N–H and O–H groups in total. The van der Waals surface area contributed by atoms with Gasteiger partial charge >= 0.3 is 0 Å². The van der Waals surface area contributed by atoms with Crippen molar-refractivity contribution in [3.63, 3.8) is 0 Å². The van der Waals surface area contributed by atoms with Gasteiger partial charge in [0.15, 0.2) is 0 Å². The van der Waals surface area contributed by atoms with Gasteiger partial charge < -0.3 is 9.73 Å². The molecule has 0 saturated heterocycles. The van der Waals surface area contributed by atoms with Gasteiger partial charge in [0.05, 0.1) is 6.04 Å². The van der Waals surface area contributed by atoms with E-state index in [2.05, 4.69) is 38.2 Å². The highest BCUT2D eigenvalue weighted by Crippen LogP contribution is 2.23. The molecule has 0 amide bonds. The van der Waals surface area contributed by atoms with Gasteiger partial charge in [0.1, 0.15) is 11.3 Å². The Morgan fingerprint density at radius 3 is 2.67 bits per heavy atom. The smallest absolute Gasteiger partial charge is 0.134 e. The van der Waals surface area contributed by atoms with Gasteiger partial charge in [-0.25, -0.2) is 0 Å². The minimum atomic E-state index is 0.282. The summed E-state index contributed by atoms with van der Waals surface area (Å²) in [4.78, 5) is 0. The van der Waals surface area contributed by atoms with E-state index in [9.17, 15) is 0 Å². The molecule has 1 aromatic heterocycles. The number of hydrogen-bond donors (Lipinski definition) is 1. The third-order valence-electron chi connectivity index (χ3n) is 3.28. The first kappa shape index (κ1) is 13.2. The second-order valence-electron chi connectivity index (χ2n) is 5.40. The Hall–Kier alpha value is -1.28. The maximum Gasteiger partial charge on any atom is 0.134 e. The zero-order chi connectivity index (χ0) is 13.0. The quantitative estimate of drug-likeness (QED) is 0.757. The minimum Gasteiger partial charge on any atom is -0.459 e. The van der Waals surface area contributed by atoms with Crippen molar-refractivity contribution in [3.05, 3.63) is 36.1 Å². The molecule has 0 radical (unpaired) electrons. The average molecular weight is 245 g/mol. The fourth-order valence-electron chi connectivity index (χ4n) is 2.15. The summed E-state index contributed by atoms with van der Waals surface area (Å²) in [7, 11) is 0. The molecule has 2 rings (SSSR count). The number of para-hydroxylation sites is 1. The fourth-order valence-corrected chi connectivity index (χ4v) is 2.15. The van der Waals surface area contributed by atoms with Crippen molar-refractivity contribution in [1.82, 2.24) is 5.32 Å². The lowest BCUT2D eigenvalue weighted by molar-refractivity contribution is 0.436. The molecule has 0 fully saturated rings. The van der Waals surface area contributed by atoms with E-state index in [0.29, 0.717) is 0 Å². The molecule has 1 aromatic carbocycles. The Bertz CT molecular complexity index is 454. The first-order valence-electron chi connectivity index (χ1n) is 6.88. The van der Waals surface area contributed by atoms with Crippen molar-refractivity contribution in [3.8, 4) is 0 Å². The second-order valence-corrected chi connectivity index (χ2v) is 5.40. The van der Waals surface area contributed by atoms with Crippen LogP contribution in [0.2, 0.25) is 0 Å². The van der Waals surface area contributed by atoms with E-state index in [1.165, 1.54) is 18.2 Å². The predicted octanol–water partition coefficient (Wildman–Crippen LogP) is 4.52. The van der Waals surface area contributed by atoms with E-state index in [0.717, 1.165) is 23.8 Å². The van der Waals surface area contributed by atoms with Crippen molar-refractivity contribution < 1.29 is 4.42 Å². The van der Waals surface area contributed by atoms with Crippen molar-refractivity contribution in [2.24, 2.45) is 5.92 Å². The van der Waals surface area contributed by atoms with E-state index in [4.69, 9.17) is 4.42 Å². The molecule has 98 valence electrons. The van der Waals surface area contributed by atoms with E-state index in [1.54, 1.807) is 0 Å². The van der Waals surface area contributed by atoms with Crippen LogP contribution in [0.4, 0.5) is 0 Å². The Kier molecular flexibility index (Phi) is 4.43. The summed E-state index contributed by atoms with van der Waals surface area (Å²) >= 11 is 0. The topological polar surface area (TPSA) is 25.2 Å². The zero-order valence-electron chi connectivity index (χ0n) is 11.6. The van der Waals surface area contributed by atoms with Gasteiger partial charge in [-0.05, 0) is 44.4 Å². The third-order valence-corrected chi connectivity index (χ3v) is 3.28. The Balaban J connectivity index is 1.90. The number of benzene rings is 1. The first-order chi connectivity index (χ1) is 8.66. The molecule has 2 nitrogen and oxygen atoms in total. The number of rotatable bonds is 6. The molecule has 1 heterocycles. The largest absolute Gasteiger partial charge is 0.459 e. The zero-order valence-corrected chi connectivity index (χ0v) is 11.6. The molecule has 0 aliphatic carbocycles. The van der Waals surface area contributed by atoms with Crippen LogP contribution in [0, 0.1) is 5.92 Å². The molecule has 0 aliphatic heterocycles. The molecule has 1 atom stereocenters. The molecule has 0 bridgehead atoms. The number of hydrogen-bond acceptors (Lipinski definition) is 2. The summed E-state index contributed by atoms with van der Waals surface area (Å²) in [5.41, 5.74) is 0.975. The van der Waals surface area contributed by atoms with Gasteiger partial charge in [-0.3, -0.25) is 0 Å². The molecule has 0 saturated carbocycles. The summed E-state index contributed by atoms with van der Waals surface area (Å²) in [5.74, 6) is 1.81. The lowest BCUT2D eigenvalue weighted by Gasteiger charge is -2.11. The third kappa shape index (κ3) is 3.36. The maximum atomic E-state index is 5.85. The standard InChI is InChI=1S/C16H23NO/c1-12(2)7-6-10-17-13(3)16-11-14-8-4-5-9-15(14)18-16/h4-5,8-9,11-13,17H,6-7,10H2,1-3H3. The molecular formula is C16H23NO. The van der Waals surface area contributed by atoms with Gasteiger partial charge in [-0.2, -0.15) is 0 Å². The average Bonchev–Trinajstić information content (AvgIpc) is 2.78. The van der Waals surface area contributed by atoms with Crippen molar-refractivity contribution in [2.75, 3.05) is 6.54 Å². The van der Waals surface area contributed by atoms with Crippen LogP contribution in [0.3, 0.4) is 0 Å². The normalized spacial score (nSPS) is 13.3. The summed E-state index contributed by atoms with van der Waals surface area (Å²) in [5, 5.41) is 4.71. The lowest BCUT2D eigenvalue weighted by Crippen LogP contribution is -2.19. The van der Waals surface area contributed by atoms with Crippen LogP contribution in [0.1, 0.15) is 45.4 Å². The first-order valence-corrected chi connectivity index (χ1v) is 6.88. The summed E-state index contributed by atoms with van der Waals surface area (Å²) in [6.45, 7) is 7.74. The van der Waals surface area contributed by atoms with Crippen LogP contribution in [0.5, 0.6) is 0 Å². The Labute approximate surface area is 109 Å². The Morgan fingerprint density at radius 1 is 1.17 bits per heavy atom. The molecule has 1 unspecified atom stereocenters. The SMILES string of the molecule is CC(C)CCCNC(C)c1cc2ccccc2o1. The van der Waals surface area contributed by atoms with Gasteiger partial charge in [0.2, 0.25) is 0 Å². The number of fused-ring (bicyclic) bond motifs is 1. The maximum absolute atomic E-state index is 5.85. The van der Waals surface area contributed by atoms with Gasteiger partial charge in [0, 0.05) is 5.39 Å². The molecule has 2 aromatic rings. The van der Waals surface area contributed by atoms with E-state index in [1.807, 2.05) is 18.2 Å². The molecule has 2 heteroatoms. The van der Waals surface area contributed by atoms with Crippen LogP contribution < -0.4 is 5.32 Å². The van der Waals surface area contributed by atoms with Gasteiger partial charge in [-0.1, -0.05) is 32.0 Å². The van der Waals surface area contributed by atoms with Crippen molar-refractivity contribution in [1.29, 1.82) is 0 Å². The number of nitrogens with one attached hydrogen (secondary N) is 1. The van der Waals surface area contributed by atoms with Crippen molar-refractivity contribution in [2.45, 2.75) is 39.7 Å². The molecule has 18 heavy (non-hydrogen) atoms. The highest BCUT2D eigenvalue weighted by Gasteiger charge is 2.10. The summed E-state index contributed by atoms with van der Waals surface area (Å²) < 4.78 is 5.85. The monoisotopic (exact) mass is 245 g/mol. The van der Waals surface area contributed by atoms with E-state index < -0.39 is 0 Å². The lowest BCUT2D eigenvalue weighted by atomic mass is 10.1. The van der Waals surface area contributed by atoms with Crippen LogP contribution >= 0.6 is 0 Å². The van der Waals surface area contributed by atoms with E-state index >= 15 is 0 Å². The summed E-state index contributed by atoms with van der Waals surface area (Å²) in [6, 6.07) is 10.6. The van der Waals surface area contributed by atoms with Crippen LogP contribution in [-0.4, -0.2) is 6.54 Å². The van der Waals surface area contributed by atoms with Crippen molar-refractivity contribution >= 4 is 11.0 Å². The van der Waals surface area contributed by atoms with E-state index in [-0.39, 0.29) is 6.04 Å². The number of furan rings is 1. The Morgan fingerprint density at radius 2 is 1.94 bits per heavy atom. The molecule has 0 aliphatic rings. The summed E-state index contributed by atoms with van der Waals surface area (Å²) in [6.07, 6.45) is 2.50. The predicted molar refractivity (Wildman–Crippen MR) is 76.7 cm³/mol. The highest BCUT2D eigenvalue weighted by molar-refractivity contribution is 5.77. The molecule has 0 spiro atoms. The van der Waals surface area contributed by atoms with Crippen LogP contribution in [0.15, 0.2) is 34.7 Å². The van der Waals surface area contributed by atoms with Gasteiger partial charge in [-0.15, -0.1) is 0 Å². The highest BCUT2D eigenvalue weighted by atomic mass is 16.3. The molecular weight excluding hydrogens is 222 g/mol. The van der Waals surface area contributed by atoms with Crippen LogP contribution in [-0.2, 0) is 0 Å².